The molecular weight excluding hydrogens is 238 g/mol. The van der Waals surface area contributed by atoms with Crippen LogP contribution in [-0.2, 0) is 6.42 Å². The van der Waals surface area contributed by atoms with E-state index < -0.39 is 0 Å². The first-order chi connectivity index (χ1) is 9.24. The van der Waals surface area contributed by atoms with Crippen molar-refractivity contribution in [3.63, 3.8) is 0 Å². The molecule has 0 aromatic heterocycles. The molecule has 3 heteroatoms. The Kier molecular flexibility index (Phi) is 4.97. The fraction of sp³-hybridized carbons (Fsp3) is 0.562. The van der Waals surface area contributed by atoms with Gasteiger partial charge in [-0.15, -0.1) is 0 Å². The van der Waals surface area contributed by atoms with Gasteiger partial charge in [-0.1, -0.05) is 6.92 Å². The standard InChI is InChI=1S/C16H23NO2/c1-3-13-11-14(7-8-16(13)19-4-2)15(18)12-17-9-5-6-10-17/h7-8,11H,3-6,9-10,12H2,1-2H3. The zero-order valence-electron chi connectivity index (χ0n) is 11.9. The van der Waals surface area contributed by atoms with Crippen LogP contribution in [-0.4, -0.2) is 36.9 Å². The molecule has 1 saturated heterocycles. The normalized spacial score (nSPS) is 15.7. The fourth-order valence-electron chi connectivity index (χ4n) is 2.56. The average molecular weight is 261 g/mol. The summed E-state index contributed by atoms with van der Waals surface area (Å²) in [4.78, 5) is 14.5. The summed E-state index contributed by atoms with van der Waals surface area (Å²) >= 11 is 0. The van der Waals surface area contributed by atoms with Crippen LogP contribution in [0, 0.1) is 0 Å². The van der Waals surface area contributed by atoms with Crippen LogP contribution >= 0.6 is 0 Å². The van der Waals surface area contributed by atoms with Crippen molar-refractivity contribution in [3.05, 3.63) is 29.3 Å². The second-order valence-electron chi connectivity index (χ2n) is 5.02. The molecule has 0 bridgehead atoms. The summed E-state index contributed by atoms with van der Waals surface area (Å²) < 4.78 is 5.57. The Labute approximate surface area is 115 Å². The van der Waals surface area contributed by atoms with E-state index in [-0.39, 0.29) is 5.78 Å². The Morgan fingerprint density at radius 2 is 2.00 bits per heavy atom. The van der Waals surface area contributed by atoms with Crippen molar-refractivity contribution in [2.75, 3.05) is 26.2 Å². The summed E-state index contributed by atoms with van der Waals surface area (Å²) in [5, 5.41) is 0. The van der Waals surface area contributed by atoms with E-state index in [0.717, 1.165) is 36.4 Å². The number of aryl methyl sites for hydroxylation is 1. The van der Waals surface area contributed by atoms with Gasteiger partial charge >= 0.3 is 0 Å². The highest BCUT2D eigenvalue weighted by atomic mass is 16.5. The van der Waals surface area contributed by atoms with Gasteiger partial charge in [-0.3, -0.25) is 9.69 Å². The minimum Gasteiger partial charge on any atom is -0.494 e. The van der Waals surface area contributed by atoms with E-state index in [4.69, 9.17) is 4.74 Å². The lowest BCUT2D eigenvalue weighted by atomic mass is 10.0. The molecule has 0 saturated carbocycles. The van der Waals surface area contributed by atoms with Crippen LogP contribution in [0.15, 0.2) is 18.2 Å². The van der Waals surface area contributed by atoms with Crippen LogP contribution in [0.4, 0.5) is 0 Å². The largest absolute Gasteiger partial charge is 0.494 e. The first-order valence-electron chi connectivity index (χ1n) is 7.25. The van der Waals surface area contributed by atoms with Crippen molar-refractivity contribution in [1.82, 2.24) is 4.90 Å². The van der Waals surface area contributed by atoms with Gasteiger partial charge in [0.2, 0.25) is 0 Å². The molecule has 1 aliphatic rings. The molecule has 0 N–H and O–H groups in total. The number of benzene rings is 1. The van der Waals surface area contributed by atoms with Crippen LogP contribution in [0.1, 0.15) is 42.6 Å². The van der Waals surface area contributed by atoms with Crippen LogP contribution in [0.2, 0.25) is 0 Å². The third-order valence-corrected chi connectivity index (χ3v) is 3.63. The van der Waals surface area contributed by atoms with E-state index in [1.165, 1.54) is 12.8 Å². The van der Waals surface area contributed by atoms with Crippen molar-refractivity contribution >= 4 is 5.78 Å². The monoisotopic (exact) mass is 261 g/mol. The summed E-state index contributed by atoms with van der Waals surface area (Å²) in [6.07, 6.45) is 3.33. The zero-order valence-corrected chi connectivity index (χ0v) is 11.9. The molecule has 0 aliphatic carbocycles. The number of rotatable bonds is 6. The summed E-state index contributed by atoms with van der Waals surface area (Å²) in [7, 11) is 0. The molecule has 1 aromatic rings. The lowest BCUT2D eigenvalue weighted by Gasteiger charge is -2.14. The molecule has 19 heavy (non-hydrogen) atoms. The van der Waals surface area contributed by atoms with E-state index in [0.29, 0.717) is 13.2 Å². The minimum atomic E-state index is 0.222. The Morgan fingerprint density at radius 1 is 1.26 bits per heavy atom. The lowest BCUT2D eigenvalue weighted by Crippen LogP contribution is -2.26. The maximum atomic E-state index is 12.3. The van der Waals surface area contributed by atoms with Crippen molar-refractivity contribution in [2.45, 2.75) is 33.1 Å². The van der Waals surface area contributed by atoms with Crippen LogP contribution in [0.5, 0.6) is 5.75 Å². The number of ketones is 1. The first kappa shape index (κ1) is 14.1. The molecule has 0 unspecified atom stereocenters. The Balaban J connectivity index is 2.08. The number of carbonyl (C=O) groups excluding carboxylic acids is 1. The summed E-state index contributed by atoms with van der Waals surface area (Å²) in [5.41, 5.74) is 1.93. The van der Waals surface area contributed by atoms with Gasteiger partial charge in [0.25, 0.3) is 0 Å². The van der Waals surface area contributed by atoms with E-state index in [2.05, 4.69) is 11.8 Å². The predicted octanol–water partition coefficient (Wildman–Crippen LogP) is 2.93. The molecule has 1 aromatic carbocycles. The van der Waals surface area contributed by atoms with Gasteiger partial charge in [0, 0.05) is 5.56 Å². The summed E-state index contributed by atoms with van der Waals surface area (Å²) in [6.45, 7) is 7.40. The molecule has 104 valence electrons. The van der Waals surface area contributed by atoms with E-state index in [9.17, 15) is 4.79 Å². The van der Waals surface area contributed by atoms with Gasteiger partial charge in [0.15, 0.2) is 5.78 Å². The molecule has 1 heterocycles. The quantitative estimate of drug-likeness (QED) is 0.737. The average Bonchev–Trinajstić information content (AvgIpc) is 2.92. The Hall–Kier alpha value is -1.35. The van der Waals surface area contributed by atoms with Crippen LogP contribution < -0.4 is 4.74 Å². The number of likely N-dealkylation sites (tertiary alicyclic amines) is 1. The molecule has 0 atom stereocenters. The van der Waals surface area contributed by atoms with Gasteiger partial charge in [0.05, 0.1) is 13.2 Å². The van der Waals surface area contributed by atoms with E-state index >= 15 is 0 Å². The Morgan fingerprint density at radius 3 is 2.63 bits per heavy atom. The van der Waals surface area contributed by atoms with Gasteiger partial charge in [-0.25, -0.2) is 0 Å². The van der Waals surface area contributed by atoms with E-state index in [1.807, 2.05) is 25.1 Å². The highest BCUT2D eigenvalue weighted by Crippen LogP contribution is 2.21. The van der Waals surface area contributed by atoms with Crippen molar-refractivity contribution in [2.24, 2.45) is 0 Å². The number of nitrogens with zero attached hydrogens (tertiary/aromatic N) is 1. The minimum absolute atomic E-state index is 0.222. The third kappa shape index (κ3) is 3.57. The predicted molar refractivity (Wildman–Crippen MR) is 77.0 cm³/mol. The highest BCUT2D eigenvalue weighted by Gasteiger charge is 2.17. The number of hydrogen-bond donors (Lipinski definition) is 0. The van der Waals surface area contributed by atoms with Gasteiger partial charge < -0.3 is 4.74 Å². The van der Waals surface area contributed by atoms with Crippen LogP contribution in [0.25, 0.3) is 0 Å². The third-order valence-electron chi connectivity index (χ3n) is 3.63. The molecule has 0 amide bonds. The number of ether oxygens (including phenoxy) is 1. The second-order valence-corrected chi connectivity index (χ2v) is 5.02. The molecule has 1 aliphatic heterocycles. The maximum Gasteiger partial charge on any atom is 0.176 e. The lowest BCUT2D eigenvalue weighted by molar-refractivity contribution is 0.0945. The van der Waals surface area contributed by atoms with Crippen molar-refractivity contribution < 1.29 is 9.53 Å². The molecule has 0 radical (unpaired) electrons. The van der Waals surface area contributed by atoms with E-state index in [1.54, 1.807) is 0 Å². The fourth-order valence-corrected chi connectivity index (χ4v) is 2.56. The Bertz CT molecular complexity index is 436. The topological polar surface area (TPSA) is 29.5 Å². The van der Waals surface area contributed by atoms with Crippen LogP contribution in [0.3, 0.4) is 0 Å². The highest BCUT2D eigenvalue weighted by molar-refractivity contribution is 5.98. The zero-order chi connectivity index (χ0) is 13.7. The number of carbonyl (C=O) groups is 1. The van der Waals surface area contributed by atoms with Crippen molar-refractivity contribution in [1.29, 1.82) is 0 Å². The smallest absolute Gasteiger partial charge is 0.176 e. The van der Waals surface area contributed by atoms with Crippen molar-refractivity contribution in [3.8, 4) is 5.75 Å². The summed E-state index contributed by atoms with van der Waals surface area (Å²) in [6, 6.07) is 5.81. The maximum absolute atomic E-state index is 12.3. The molecule has 1 fully saturated rings. The summed E-state index contributed by atoms with van der Waals surface area (Å²) in [5.74, 6) is 1.13. The molecule has 3 nitrogen and oxygen atoms in total. The number of Topliss-reactive ketones (excluding diaryl/α,β-unsaturated/α-hetero) is 1. The SMILES string of the molecule is CCOc1ccc(C(=O)CN2CCCC2)cc1CC. The first-order valence-corrected chi connectivity index (χ1v) is 7.25. The number of hydrogen-bond acceptors (Lipinski definition) is 3. The second kappa shape index (κ2) is 6.71. The van der Waals surface area contributed by atoms with Gasteiger partial charge in [-0.2, -0.15) is 0 Å². The molecular formula is C16H23NO2. The van der Waals surface area contributed by atoms with Gasteiger partial charge in [-0.05, 0) is 63.0 Å². The van der Waals surface area contributed by atoms with Gasteiger partial charge in [0.1, 0.15) is 5.75 Å². The molecule has 2 rings (SSSR count). The molecule has 0 spiro atoms.